The molecule has 0 unspecified atom stereocenters. The van der Waals surface area contributed by atoms with E-state index in [1.54, 1.807) is 6.20 Å². The van der Waals surface area contributed by atoms with Crippen molar-refractivity contribution < 1.29 is 9.47 Å². The summed E-state index contributed by atoms with van der Waals surface area (Å²) in [4.78, 5) is 4.33. The summed E-state index contributed by atoms with van der Waals surface area (Å²) in [5.74, 6) is 1.52. The Labute approximate surface area is 142 Å². The second kappa shape index (κ2) is 6.99. The van der Waals surface area contributed by atoms with E-state index in [4.69, 9.17) is 21.1 Å². The summed E-state index contributed by atoms with van der Waals surface area (Å²) in [6, 6.07) is 15.1. The summed E-state index contributed by atoms with van der Waals surface area (Å²) < 4.78 is 12.4. The highest BCUT2D eigenvalue weighted by Crippen LogP contribution is 2.29. The van der Waals surface area contributed by atoms with E-state index >= 15 is 0 Å². The van der Waals surface area contributed by atoms with Crippen LogP contribution in [0.2, 0.25) is 5.02 Å². The predicted octanol–water partition coefficient (Wildman–Crippen LogP) is 5.11. The van der Waals surface area contributed by atoms with Gasteiger partial charge in [-0.05, 0) is 48.5 Å². The Bertz CT molecular complexity index is 777. The molecule has 0 aliphatic rings. The third-order valence-corrected chi connectivity index (χ3v) is 3.96. The van der Waals surface area contributed by atoms with Crippen molar-refractivity contribution in [2.75, 3.05) is 13.2 Å². The van der Waals surface area contributed by atoms with E-state index in [0.717, 1.165) is 21.1 Å². The van der Waals surface area contributed by atoms with Gasteiger partial charge in [0.05, 0.1) is 5.02 Å². The van der Waals surface area contributed by atoms with Gasteiger partial charge < -0.3 is 9.47 Å². The van der Waals surface area contributed by atoms with Gasteiger partial charge in [0.15, 0.2) is 0 Å². The number of aromatic nitrogens is 1. The van der Waals surface area contributed by atoms with Crippen LogP contribution in [-0.4, -0.2) is 18.2 Å². The molecule has 0 fully saturated rings. The molecular weight excluding hydrogens is 366 g/mol. The Hall–Kier alpha value is -1.78. The molecule has 1 aromatic heterocycles. The normalized spacial score (nSPS) is 10.6. The van der Waals surface area contributed by atoms with Gasteiger partial charge in [-0.3, -0.25) is 4.98 Å². The van der Waals surface area contributed by atoms with Gasteiger partial charge in [-0.15, -0.1) is 0 Å². The first-order valence-corrected chi connectivity index (χ1v) is 7.95. The molecule has 1 heterocycles. The van der Waals surface area contributed by atoms with Crippen molar-refractivity contribution in [1.82, 2.24) is 4.98 Å². The fourth-order valence-electron chi connectivity index (χ4n) is 2.07. The minimum Gasteiger partial charge on any atom is -0.490 e. The lowest BCUT2D eigenvalue weighted by atomic mass is 10.2. The van der Waals surface area contributed by atoms with Crippen LogP contribution in [0.25, 0.3) is 10.9 Å². The van der Waals surface area contributed by atoms with Crippen molar-refractivity contribution in [2.24, 2.45) is 0 Å². The zero-order valence-corrected chi connectivity index (χ0v) is 14.0. The average molecular weight is 379 g/mol. The van der Waals surface area contributed by atoms with Gasteiger partial charge in [0, 0.05) is 16.1 Å². The number of hydrogen-bond donors (Lipinski definition) is 0. The number of fused-ring (bicyclic) bond motifs is 1. The van der Waals surface area contributed by atoms with Gasteiger partial charge in [-0.2, -0.15) is 0 Å². The van der Waals surface area contributed by atoms with Gasteiger partial charge in [-0.1, -0.05) is 27.5 Å². The van der Waals surface area contributed by atoms with E-state index in [2.05, 4.69) is 20.9 Å². The van der Waals surface area contributed by atoms with Crippen molar-refractivity contribution in [1.29, 1.82) is 0 Å². The molecule has 5 heteroatoms. The lowest BCUT2D eigenvalue weighted by Crippen LogP contribution is -2.09. The lowest BCUT2D eigenvalue weighted by molar-refractivity contribution is 0.218. The summed E-state index contributed by atoms with van der Waals surface area (Å²) in [5.41, 5.74) is 0.763. The summed E-state index contributed by atoms with van der Waals surface area (Å²) in [6.45, 7) is 0.891. The SMILES string of the molecule is Clc1ccc(OCCOc2ccc(Br)cc2)c2ncccc12. The van der Waals surface area contributed by atoms with Crippen LogP contribution in [-0.2, 0) is 0 Å². The molecule has 0 N–H and O–H groups in total. The number of ether oxygens (including phenoxy) is 2. The first kappa shape index (κ1) is 15.1. The Morgan fingerprint density at radius 2 is 1.73 bits per heavy atom. The van der Waals surface area contributed by atoms with E-state index in [1.165, 1.54) is 0 Å². The predicted molar refractivity (Wildman–Crippen MR) is 91.9 cm³/mol. The fraction of sp³-hybridized carbons (Fsp3) is 0.118. The van der Waals surface area contributed by atoms with E-state index in [1.807, 2.05) is 48.5 Å². The first-order chi connectivity index (χ1) is 10.7. The fourth-order valence-corrected chi connectivity index (χ4v) is 2.55. The summed E-state index contributed by atoms with van der Waals surface area (Å²) in [5, 5.41) is 1.55. The molecule has 0 aliphatic carbocycles. The molecule has 3 nitrogen and oxygen atoms in total. The van der Waals surface area contributed by atoms with Crippen LogP contribution in [0.1, 0.15) is 0 Å². The van der Waals surface area contributed by atoms with Gasteiger partial charge >= 0.3 is 0 Å². The summed E-state index contributed by atoms with van der Waals surface area (Å²) in [6.07, 6.45) is 1.73. The Balaban J connectivity index is 1.62. The van der Waals surface area contributed by atoms with Crippen LogP contribution in [0.3, 0.4) is 0 Å². The Morgan fingerprint density at radius 3 is 2.55 bits per heavy atom. The molecule has 0 atom stereocenters. The minimum absolute atomic E-state index is 0.434. The molecule has 0 aliphatic heterocycles. The van der Waals surface area contributed by atoms with Crippen molar-refractivity contribution in [3.05, 3.63) is 64.2 Å². The number of rotatable bonds is 5. The minimum atomic E-state index is 0.434. The molecule has 112 valence electrons. The maximum atomic E-state index is 6.16. The van der Waals surface area contributed by atoms with Gasteiger partial charge in [0.1, 0.15) is 30.2 Å². The molecule has 2 aromatic carbocycles. The van der Waals surface area contributed by atoms with Crippen LogP contribution in [0.5, 0.6) is 11.5 Å². The topological polar surface area (TPSA) is 31.4 Å². The highest BCUT2D eigenvalue weighted by molar-refractivity contribution is 9.10. The van der Waals surface area contributed by atoms with E-state index in [9.17, 15) is 0 Å². The summed E-state index contributed by atoms with van der Waals surface area (Å²) >= 11 is 9.55. The van der Waals surface area contributed by atoms with Crippen LogP contribution < -0.4 is 9.47 Å². The largest absolute Gasteiger partial charge is 0.490 e. The molecule has 0 spiro atoms. The lowest BCUT2D eigenvalue weighted by Gasteiger charge is -2.10. The second-order valence-electron chi connectivity index (χ2n) is 4.60. The highest BCUT2D eigenvalue weighted by Gasteiger charge is 2.06. The molecule has 3 rings (SSSR count). The molecule has 22 heavy (non-hydrogen) atoms. The van der Waals surface area contributed by atoms with Crippen LogP contribution in [0.4, 0.5) is 0 Å². The number of halogens is 2. The van der Waals surface area contributed by atoms with Crippen molar-refractivity contribution >= 4 is 38.4 Å². The van der Waals surface area contributed by atoms with Crippen molar-refractivity contribution in [2.45, 2.75) is 0 Å². The second-order valence-corrected chi connectivity index (χ2v) is 5.92. The van der Waals surface area contributed by atoms with E-state index < -0.39 is 0 Å². The van der Waals surface area contributed by atoms with E-state index in [-0.39, 0.29) is 0 Å². The first-order valence-electron chi connectivity index (χ1n) is 6.78. The van der Waals surface area contributed by atoms with Gasteiger partial charge in [0.2, 0.25) is 0 Å². The molecule has 3 aromatic rings. The monoisotopic (exact) mass is 377 g/mol. The highest BCUT2D eigenvalue weighted by atomic mass is 79.9. The molecule has 0 saturated carbocycles. The quantitative estimate of drug-likeness (QED) is 0.578. The number of nitrogens with zero attached hydrogens (tertiary/aromatic N) is 1. The third-order valence-electron chi connectivity index (χ3n) is 3.10. The maximum Gasteiger partial charge on any atom is 0.145 e. The van der Waals surface area contributed by atoms with Crippen molar-refractivity contribution in [3.63, 3.8) is 0 Å². The zero-order chi connectivity index (χ0) is 15.4. The van der Waals surface area contributed by atoms with Crippen LogP contribution in [0, 0.1) is 0 Å². The molecule has 0 amide bonds. The summed E-state index contributed by atoms with van der Waals surface area (Å²) in [7, 11) is 0. The smallest absolute Gasteiger partial charge is 0.145 e. The van der Waals surface area contributed by atoms with E-state index in [0.29, 0.717) is 24.0 Å². The Kier molecular flexibility index (Phi) is 4.80. The number of benzene rings is 2. The zero-order valence-electron chi connectivity index (χ0n) is 11.6. The molecule has 0 saturated heterocycles. The third kappa shape index (κ3) is 3.51. The Morgan fingerprint density at radius 1 is 0.955 bits per heavy atom. The standard InChI is InChI=1S/C17H13BrClNO2/c18-12-3-5-13(6-4-12)21-10-11-22-16-8-7-15(19)14-2-1-9-20-17(14)16/h1-9H,10-11H2. The molecule has 0 radical (unpaired) electrons. The van der Waals surface area contributed by atoms with Crippen LogP contribution in [0.15, 0.2) is 59.2 Å². The average Bonchev–Trinajstić information content (AvgIpc) is 2.55. The molecular formula is C17H13BrClNO2. The number of pyridine rings is 1. The van der Waals surface area contributed by atoms with Crippen molar-refractivity contribution in [3.8, 4) is 11.5 Å². The van der Waals surface area contributed by atoms with Gasteiger partial charge in [0.25, 0.3) is 0 Å². The molecule has 0 bridgehead atoms. The van der Waals surface area contributed by atoms with Gasteiger partial charge in [-0.25, -0.2) is 0 Å². The maximum absolute atomic E-state index is 6.16. The number of hydrogen-bond acceptors (Lipinski definition) is 3. The van der Waals surface area contributed by atoms with Crippen LogP contribution >= 0.6 is 27.5 Å².